The van der Waals surface area contributed by atoms with Crippen molar-refractivity contribution in [1.29, 1.82) is 0 Å². The Labute approximate surface area is 171 Å². The number of hydrogen-bond donors (Lipinski definition) is 0. The molecule has 3 aromatic rings. The number of nitrogens with zero attached hydrogens (tertiary/aromatic N) is 4. The Kier molecular flexibility index (Phi) is 5.89. The van der Waals surface area contributed by atoms with E-state index in [-0.39, 0.29) is 5.91 Å². The summed E-state index contributed by atoms with van der Waals surface area (Å²) in [7, 11) is 1.69. The van der Waals surface area contributed by atoms with Gasteiger partial charge < -0.3 is 9.64 Å². The van der Waals surface area contributed by atoms with Crippen LogP contribution in [-0.4, -0.2) is 45.8 Å². The monoisotopic (exact) mass is 390 g/mol. The number of carbonyl (C=O) groups excluding carboxylic acids is 1. The zero-order chi connectivity index (χ0) is 20.1. The quantitative estimate of drug-likeness (QED) is 0.643. The molecule has 6 heteroatoms. The molecule has 150 valence electrons. The molecule has 0 radical (unpaired) electrons. The molecule has 1 fully saturated rings. The summed E-state index contributed by atoms with van der Waals surface area (Å²) in [4.78, 5) is 18.8. The first kappa shape index (κ1) is 19.2. The third kappa shape index (κ3) is 4.65. The Balaban J connectivity index is 1.27. The number of ether oxygens (including phenoxy) is 1. The van der Waals surface area contributed by atoms with E-state index in [9.17, 15) is 4.79 Å². The highest BCUT2D eigenvalue weighted by Gasteiger charge is 2.23. The van der Waals surface area contributed by atoms with Gasteiger partial charge in [-0.2, -0.15) is 5.10 Å². The number of aromatic nitrogens is 3. The van der Waals surface area contributed by atoms with Gasteiger partial charge in [-0.3, -0.25) is 4.79 Å². The molecule has 1 amide bonds. The smallest absolute Gasteiger partial charge is 0.253 e. The van der Waals surface area contributed by atoms with E-state index in [0.717, 1.165) is 49.4 Å². The SMILES string of the molecule is COc1ccc(CCC2CCN(C(=O)c3ccc(-n4cncn4)cc3)CC2)cc1. The van der Waals surface area contributed by atoms with Gasteiger partial charge in [0.1, 0.15) is 18.4 Å². The summed E-state index contributed by atoms with van der Waals surface area (Å²) in [5, 5.41) is 4.11. The number of aryl methyl sites for hydroxylation is 1. The van der Waals surface area contributed by atoms with Gasteiger partial charge in [0.25, 0.3) is 5.91 Å². The van der Waals surface area contributed by atoms with Crippen LogP contribution in [0.15, 0.2) is 61.2 Å². The lowest BCUT2D eigenvalue weighted by Gasteiger charge is -2.32. The van der Waals surface area contributed by atoms with Crippen LogP contribution in [0.3, 0.4) is 0 Å². The number of amides is 1. The fourth-order valence-electron chi connectivity index (χ4n) is 3.87. The molecule has 0 spiro atoms. The highest BCUT2D eigenvalue weighted by molar-refractivity contribution is 5.94. The van der Waals surface area contributed by atoms with Gasteiger partial charge in [0.05, 0.1) is 12.8 Å². The Hall–Kier alpha value is -3.15. The molecule has 2 heterocycles. The molecule has 0 bridgehead atoms. The summed E-state index contributed by atoms with van der Waals surface area (Å²) in [5.74, 6) is 1.69. The van der Waals surface area contributed by atoms with Gasteiger partial charge in [-0.05, 0) is 73.6 Å². The number of benzene rings is 2. The van der Waals surface area contributed by atoms with Crippen LogP contribution < -0.4 is 4.74 Å². The fourth-order valence-corrected chi connectivity index (χ4v) is 3.87. The average molecular weight is 390 g/mol. The van der Waals surface area contributed by atoms with E-state index in [0.29, 0.717) is 5.92 Å². The van der Waals surface area contributed by atoms with Crippen LogP contribution in [0.25, 0.3) is 5.69 Å². The maximum atomic E-state index is 12.8. The summed E-state index contributed by atoms with van der Waals surface area (Å²) < 4.78 is 6.90. The Morgan fingerprint density at radius 3 is 2.41 bits per heavy atom. The summed E-state index contributed by atoms with van der Waals surface area (Å²) >= 11 is 0. The topological polar surface area (TPSA) is 60.2 Å². The third-order valence-corrected chi connectivity index (χ3v) is 5.70. The molecule has 6 nitrogen and oxygen atoms in total. The van der Waals surface area contributed by atoms with Gasteiger partial charge in [0, 0.05) is 18.7 Å². The molecule has 0 aliphatic carbocycles. The van der Waals surface area contributed by atoms with Gasteiger partial charge in [-0.15, -0.1) is 0 Å². The molecule has 4 rings (SSSR count). The number of hydrogen-bond acceptors (Lipinski definition) is 4. The first-order valence-corrected chi connectivity index (χ1v) is 10.1. The molecule has 29 heavy (non-hydrogen) atoms. The summed E-state index contributed by atoms with van der Waals surface area (Å²) in [5.41, 5.74) is 2.97. The first-order valence-electron chi connectivity index (χ1n) is 10.1. The van der Waals surface area contributed by atoms with Crippen LogP contribution in [0, 0.1) is 5.92 Å². The van der Waals surface area contributed by atoms with Crippen LogP contribution >= 0.6 is 0 Å². The largest absolute Gasteiger partial charge is 0.497 e. The summed E-state index contributed by atoms with van der Waals surface area (Å²) in [6, 6.07) is 15.9. The minimum absolute atomic E-state index is 0.115. The lowest BCUT2D eigenvalue weighted by atomic mass is 9.90. The lowest BCUT2D eigenvalue weighted by Crippen LogP contribution is -2.38. The predicted octanol–water partition coefficient (Wildman–Crippen LogP) is 3.76. The van der Waals surface area contributed by atoms with E-state index in [2.05, 4.69) is 22.2 Å². The van der Waals surface area contributed by atoms with Gasteiger partial charge >= 0.3 is 0 Å². The zero-order valence-corrected chi connectivity index (χ0v) is 16.7. The van der Waals surface area contributed by atoms with Crippen LogP contribution in [0.4, 0.5) is 0 Å². The molecule has 1 saturated heterocycles. The highest BCUT2D eigenvalue weighted by Crippen LogP contribution is 2.24. The molecular formula is C23H26N4O2. The van der Waals surface area contributed by atoms with E-state index in [1.165, 1.54) is 18.3 Å². The normalized spacial score (nSPS) is 14.7. The molecule has 2 aromatic carbocycles. The maximum absolute atomic E-state index is 12.8. The molecule has 1 aliphatic heterocycles. The maximum Gasteiger partial charge on any atom is 0.253 e. The Morgan fingerprint density at radius 2 is 1.79 bits per heavy atom. The van der Waals surface area contributed by atoms with Crippen LogP contribution in [0.1, 0.15) is 35.2 Å². The second-order valence-electron chi connectivity index (χ2n) is 7.51. The van der Waals surface area contributed by atoms with Crippen molar-refractivity contribution in [2.45, 2.75) is 25.7 Å². The highest BCUT2D eigenvalue weighted by atomic mass is 16.5. The standard InChI is InChI=1S/C23H26N4O2/c1-29-22-10-4-18(5-11-22)2-3-19-12-14-26(15-13-19)23(28)20-6-8-21(9-7-20)27-17-24-16-25-27/h4-11,16-17,19H,2-3,12-15H2,1H3. The Morgan fingerprint density at radius 1 is 1.07 bits per heavy atom. The zero-order valence-electron chi connectivity index (χ0n) is 16.7. The van der Waals surface area contributed by atoms with E-state index in [1.807, 2.05) is 41.3 Å². The van der Waals surface area contributed by atoms with E-state index in [1.54, 1.807) is 18.1 Å². The average Bonchev–Trinajstić information content (AvgIpc) is 3.33. The number of rotatable bonds is 6. The van der Waals surface area contributed by atoms with E-state index < -0.39 is 0 Å². The predicted molar refractivity (Wildman–Crippen MR) is 111 cm³/mol. The van der Waals surface area contributed by atoms with Crippen molar-refractivity contribution < 1.29 is 9.53 Å². The number of carbonyl (C=O) groups is 1. The molecule has 0 N–H and O–H groups in total. The fraction of sp³-hybridized carbons (Fsp3) is 0.348. The van der Waals surface area contributed by atoms with Gasteiger partial charge in [-0.25, -0.2) is 9.67 Å². The molecular weight excluding hydrogens is 364 g/mol. The van der Waals surface area contributed by atoms with Crippen LogP contribution in [0.5, 0.6) is 5.75 Å². The number of likely N-dealkylation sites (tertiary alicyclic amines) is 1. The van der Waals surface area contributed by atoms with E-state index in [4.69, 9.17) is 4.74 Å². The summed E-state index contributed by atoms with van der Waals surface area (Å²) in [6.45, 7) is 1.66. The van der Waals surface area contributed by atoms with Gasteiger partial charge in [-0.1, -0.05) is 12.1 Å². The number of methoxy groups -OCH3 is 1. The van der Waals surface area contributed by atoms with Gasteiger partial charge in [0.15, 0.2) is 0 Å². The third-order valence-electron chi connectivity index (χ3n) is 5.70. The number of piperidine rings is 1. The molecule has 0 saturated carbocycles. The Bertz CT molecular complexity index is 913. The minimum atomic E-state index is 0.115. The van der Waals surface area contributed by atoms with Crippen molar-refractivity contribution in [3.05, 3.63) is 72.3 Å². The van der Waals surface area contributed by atoms with Crippen molar-refractivity contribution in [3.63, 3.8) is 0 Å². The van der Waals surface area contributed by atoms with Crippen molar-refractivity contribution in [1.82, 2.24) is 19.7 Å². The van der Waals surface area contributed by atoms with E-state index >= 15 is 0 Å². The molecule has 0 atom stereocenters. The second kappa shape index (κ2) is 8.90. The lowest BCUT2D eigenvalue weighted by molar-refractivity contribution is 0.0687. The van der Waals surface area contributed by atoms with Gasteiger partial charge in [0.2, 0.25) is 0 Å². The van der Waals surface area contributed by atoms with Crippen molar-refractivity contribution in [2.24, 2.45) is 5.92 Å². The molecule has 1 aliphatic rings. The van der Waals surface area contributed by atoms with Crippen molar-refractivity contribution in [2.75, 3.05) is 20.2 Å². The molecule has 1 aromatic heterocycles. The van der Waals surface area contributed by atoms with Crippen LogP contribution in [-0.2, 0) is 6.42 Å². The minimum Gasteiger partial charge on any atom is -0.497 e. The van der Waals surface area contributed by atoms with Crippen molar-refractivity contribution >= 4 is 5.91 Å². The van der Waals surface area contributed by atoms with Crippen molar-refractivity contribution in [3.8, 4) is 11.4 Å². The molecule has 0 unspecified atom stereocenters. The van der Waals surface area contributed by atoms with Crippen LogP contribution in [0.2, 0.25) is 0 Å². The summed E-state index contributed by atoms with van der Waals surface area (Å²) in [6.07, 6.45) is 7.52. The second-order valence-corrected chi connectivity index (χ2v) is 7.51. The first-order chi connectivity index (χ1) is 14.2.